The summed E-state index contributed by atoms with van der Waals surface area (Å²) < 4.78 is 11.1. The maximum absolute atomic E-state index is 12.3. The van der Waals surface area contributed by atoms with Crippen LogP contribution in [0.2, 0.25) is 0 Å². The smallest absolute Gasteiger partial charge is 0.410 e. The molecule has 2 aliphatic heterocycles. The molecule has 1 aromatic carbocycles. The van der Waals surface area contributed by atoms with Crippen LogP contribution < -0.4 is 21.1 Å². The van der Waals surface area contributed by atoms with Crippen molar-refractivity contribution in [2.75, 3.05) is 25.0 Å². The van der Waals surface area contributed by atoms with Crippen molar-refractivity contribution in [1.82, 2.24) is 10.2 Å². The third-order valence-electron chi connectivity index (χ3n) is 4.63. The Morgan fingerprint density at radius 1 is 1.41 bits per heavy atom. The number of nitrogens with one attached hydrogen (secondary N) is 2. The van der Waals surface area contributed by atoms with E-state index >= 15 is 0 Å². The Balaban J connectivity index is 1.59. The largest absolute Gasteiger partial charge is 0.493 e. The van der Waals surface area contributed by atoms with Crippen molar-refractivity contribution < 1.29 is 14.3 Å². The van der Waals surface area contributed by atoms with Gasteiger partial charge >= 0.3 is 6.09 Å². The minimum Gasteiger partial charge on any atom is -0.493 e. The number of ether oxygens (including phenoxy) is 2. The Kier molecular flexibility index (Phi) is 5.76. The molecule has 0 radical (unpaired) electrons. The molecule has 27 heavy (non-hydrogen) atoms. The number of amides is 1. The summed E-state index contributed by atoms with van der Waals surface area (Å²) in [4.78, 5) is 14.0. The average molecular weight is 393 g/mol. The Labute approximate surface area is 165 Å². The molecule has 1 amide bonds. The summed E-state index contributed by atoms with van der Waals surface area (Å²) in [5.74, 6) is 0.897. The number of thiocarbonyl (C=S) groups is 1. The number of nitrogens with two attached hydrogens (primary N) is 1. The van der Waals surface area contributed by atoms with Gasteiger partial charge in [0.05, 0.1) is 12.6 Å². The molecule has 8 heteroatoms. The van der Waals surface area contributed by atoms with Crippen molar-refractivity contribution in [3.63, 3.8) is 0 Å². The molecule has 7 nitrogen and oxygen atoms in total. The lowest BCUT2D eigenvalue weighted by Gasteiger charge is -2.38. The number of rotatable bonds is 2. The Morgan fingerprint density at radius 3 is 2.93 bits per heavy atom. The maximum Gasteiger partial charge on any atom is 0.410 e. The fraction of sp³-hybridized carbons (Fsp3) is 0.579. The molecule has 2 heterocycles. The molecule has 1 aromatic rings. The van der Waals surface area contributed by atoms with E-state index in [9.17, 15) is 4.79 Å². The Bertz CT molecular complexity index is 719. The monoisotopic (exact) mass is 392 g/mol. The highest BCUT2D eigenvalue weighted by Crippen LogP contribution is 2.31. The highest BCUT2D eigenvalue weighted by atomic mass is 32.1. The number of likely N-dealkylation sites (tertiary alicyclic amines) is 1. The summed E-state index contributed by atoms with van der Waals surface area (Å²) in [6, 6.07) is 5.65. The zero-order valence-electron chi connectivity index (χ0n) is 16.1. The molecule has 1 saturated heterocycles. The molecule has 0 bridgehead atoms. The zero-order chi connectivity index (χ0) is 19.6. The molecule has 2 atom stereocenters. The van der Waals surface area contributed by atoms with Crippen molar-refractivity contribution in [2.24, 2.45) is 5.73 Å². The van der Waals surface area contributed by atoms with Crippen LogP contribution in [-0.2, 0) is 11.2 Å². The van der Waals surface area contributed by atoms with Gasteiger partial charge in [0.2, 0.25) is 0 Å². The van der Waals surface area contributed by atoms with Gasteiger partial charge < -0.3 is 30.7 Å². The van der Waals surface area contributed by atoms with E-state index in [4.69, 9.17) is 27.4 Å². The first-order valence-corrected chi connectivity index (χ1v) is 9.69. The van der Waals surface area contributed by atoms with Gasteiger partial charge in [-0.15, -0.1) is 0 Å². The lowest BCUT2D eigenvalue weighted by Crippen LogP contribution is -2.60. The number of benzene rings is 1. The molecule has 2 unspecified atom stereocenters. The Hall–Kier alpha value is -2.06. The molecule has 4 N–H and O–H groups in total. The van der Waals surface area contributed by atoms with Crippen molar-refractivity contribution in [2.45, 2.75) is 51.3 Å². The van der Waals surface area contributed by atoms with Crippen LogP contribution in [0.4, 0.5) is 10.5 Å². The first-order chi connectivity index (χ1) is 12.7. The summed E-state index contributed by atoms with van der Waals surface area (Å²) in [7, 11) is 0. The number of nitrogens with zero attached hydrogens (tertiary/aromatic N) is 1. The average Bonchev–Trinajstić information content (AvgIpc) is 3.05. The molecule has 0 saturated carbocycles. The topological polar surface area (TPSA) is 88.9 Å². The minimum atomic E-state index is -0.522. The molecule has 2 aliphatic rings. The van der Waals surface area contributed by atoms with Crippen molar-refractivity contribution in [1.29, 1.82) is 0 Å². The third kappa shape index (κ3) is 5.01. The molecule has 0 aliphatic carbocycles. The predicted octanol–water partition coefficient (Wildman–Crippen LogP) is 2.24. The lowest BCUT2D eigenvalue weighted by molar-refractivity contribution is 0.0182. The lowest BCUT2D eigenvalue weighted by atomic mass is 10.0. The van der Waals surface area contributed by atoms with Crippen LogP contribution in [0.15, 0.2) is 18.2 Å². The fourth-order valence-corrected chi connectivity index (χ4v) is 3.54. The van der Waals surface area contributed by atoms with Gasteiger partial charge in [-0.1, -0.05) is 6.07 Å². The summed E-state index contributed by atoms with van der Waals surface area (Å²) in [5.41, 5.74) is 7.80. The second kappa shape index (κ2) is 7.90. The van der Waals surface area contributed by atoms with E-state index in [-0.39, 0.29) is 18.2 Å². The van der Waals surface area contributed by atoms with Gasteiger partial charge in [-0.05, 0) is 51.5 Å². The highest BCUT2D eigenvalue weighted by molar-refractivity contribution is 7.80. The van der Waals surface area contributed by atoms with E-state index in [1.54, 1.807) is 4.90 Å². The van der Waals surface area contributed by atoms with Gasteiger partial charge in [0.15, 0.2) is 5.11 Å². The number of piperidine rings is 1. The maximum atomic E-state index is 12.3. The van der Waals surface area contributed by atoms with E-state index in [0.29, 0.717) is 31.2 Å². The van der Waals surface area contributed by atoms with Gasteiger partial charge in [-0.2, -0.15) is 0 Å². The van der Waals surface area contributed by atoms with Crippen molar-refractivity contribution in [3.05, 3.63) is 23.8 Å². The molecular weight excluding hydrogens is 364 g/mol. The number of hydrogen-bond donors (Lipinski definition) is 3. The third-order valence-corrected chi connectivity index (χ3v) is 4.85. The number of fused-ring (bicyclic) bond motifs is 1. The van der Waals surface area contributed by atoms with E-state index in [1.165, 1.54) is 0 Å². The number of carbonyl (C=O) groups excluding carboxylic acids is 1. The van der Waals surface area contributed by atoms with Gasteiger partial charge in [-0.3, -0.25) is 0 Å². The van der Waals surface area contributed by atoms with Crippen molar-refractivity contribution in [3.8, 4) is 5.75 Å². The molecule has 148 valence electrons. The summed E-state index contributed by atoms with van der Waals surface area (Å²) in [6.07, 6.45) is 1.23. The standard InChI is InChI=1S/C19H28N4O3S/c1-19(2,3)26-18(24)23-9-7-13(20)15(11-23)22-17(27)21-14-5-4-6-16-12(14)8-10-25-16/h4-6,13,15H,7-11,20H2,1-3H3,(H2,21,22,27). The Morgan fingerprint density at radius 2 is 2.19 bits per heavy atom. The predicted molar refractivity (Wildman–Crippen MR) is 109 cm³/mol. The summed E-state index contributed by atoms with van der Waals surface area (Å²) in [5, 5.41) is 6.99. The van der Waals surface area contributed by atoms with E-state index in [1.807, 2.05) is 39.0 Å². The molecule has 1 fully saturated rings. The molecule has 0 aromatic heterocycles. The van der Waals surface area contributed by atoms with Gasteiger partial charge in [0.1, 0.15) is 11.4 Å². The van der Waals surface area contributed by atoms with Crippen LogP contribution in [0, 0.1) is 0 Å². The van der Waals surface area contributed by atoms with Gasteiger partial charge in [0, 0.05) is 36.8 Å². The zero-order valence-corrected chi connectivity index (χ0v) is 16.9. The normalized spacial score (nSPS) is 21.9. The quantitative estimate of drug-likeness (QED) is 0.665. The first-order valence-electron chi connectivity index (χ1n) is 9.28. The van der Waals surface area contributed by atoms with Crippen LogP contribution >= 0.6 is 12.2 Å². The highest BCUT2D eigenvalue weighted by Gasteiger charge is 2.32. The number of hydrogen-bond acceptors (Lipinski definition) is 5. The number of anilines is 1. The number of carbonyl (C=O) groups is 1. The summed E-state index contributed by atoms with van der Waals surface area (Å²) >= 11 is 5.48. The fourth-order valence-electron chi connectivity index (χ4n) is 3.28. The SMILES string of the molecule is CC(C)(C)OC(=O)N1CCC(N)C(NC(=S)Nc2cccc3c2CCO3)C1. The minimum absolute atomic E-state index is 0.0896. The van der Waals surface area contributed by atoms with Gasteiger partial charge in [-0.25, -0.2) is 4.79 Å². The molecular formula is C19H28N4O3S. The van der Waals surface area contributed by atoms with Crippen LogP contribution in [0.25, 0.3) is 0 Å². The van der Waals surface area contributed by atoms with Crippen LogP contribution in [0.5, 0.6) is 5.75 Å². The van der Waals surface area contributed by atoms with E-state index in [0.717, 1.165) is 23.4 Å². The van der Waals surface area contributed by atoms with E-state index < -0.39 is 5.60 Å². The first kappa shape index (κ1) is 19.7. The van der Waals surface area contributed by atoms with Gasteiger partial charge in [0.25, 0.3) is 0 Å². The molecule has 3 rings (SSSR count). The second-order valence-corrected chi connectivity index (χ2v) is 8.37. The van der Waals surface area contributed by atoms with Crippen LogP contribution in [0.1, 0.15) is 32.8 Å². The summed E-state index contributed by atoms with van der Waals surface area (Å²) in [6.45, 7) is 7.30. The molecule has 0 spiro atoms. The van der Waals surface area contributed by atoms with Crippen LogP contribution in [0.3, 0.4) is 0 Å². The second-order valence-electron chi connectivity index (χ2n) is 7.96. The van der Waals surface area contributed by atoms with Crippen LogP contribution in [-0.4, -0.2) is 53.5 Å². The van der Waals surface area contributed by atoms with Crippen molar-refractivity contribution >= 4 is 29.1 Å². The van der Waals surface area contributed by atoms with E-state index in [2.05, 4.69) is 10.6 Å².